The van der Waals surface area contributed by atoms with E-state index in [1.54, 1.807) is 6.20 Å². The molecule has 3 rings (SSSR count). The van der Waals surface area contributed by atoms with Gasteiger partial charge in [-0.3, -0.25) is 14.8 Å². The second kappa shape index (κ2) is 7.57. The van der Waals surface area contributed by atoms with Crippen molar-refractivity contribution < 1.29 is 4.79 Å². The molecule has 1 heterocycles. The van der Waals surface area contributed by atoms with Crippen LogP contribution >= 0.6 is 0 Å². The number of rotatable bonds is 7. The molecule has 122 valence electrons. The van der Waals surface area contributed by atoms with E-state index in [-0.39, 0.29) is 5.91 Å². The Hall–Kier alpha value is -2.92. The molecule has 1 atom stereocenters. The van der Waals surface area contributed by atoms with Crippen LogP contribution in [-0.2, 0) is 17.9 Å². The van der Waals surface area contributed by atoms with Crippen molar-refractivity contribution >= 4 is 5.91 Å². The zero-order valence-electron chi connectivity index (χ0n) is 13.3. The first-order valence-electron chi connectivity index (χ1n) is 7.85. The number of hydrogen-bond acceptors (Lipinski definition) is 3. The lowest BCUT2D eigenvalue weighted by Crippen LogP contribution is -2.33. The first kappa shape index (κ1) is 16.0. The fourth-order valence-corrected chi connectivity index (χ4v) is 2.67. The van der Waals surface area contributed by atoms with E-state index in [4.69, 9.17) is 5.73 Å². The number of carbonyl (C=O) groups is 1. The van der Waals surface area contributed by atoms with Gasteiger partial charge >= 0.3 is 0 Å². The molecule has 0 fully saturated rings. The van der Waals surface area contributed by atoms with Gasteiger partial charge in [-0.05, 0) is 22.8 Å². The Labute approximate surface area is 141 Å². The van der Waals surface area contributed by atoms with Crippen LogP contribution in [0.1, 0.15) is 22.7 Å². The van der Waals surface area contributed by atoms with E-state index in [1.165, 1.54) is 0 Å². The number of hydrogen-bond donors (Lipinski definition) is 2. The first-order chi connectivity index (χ1) is 11.7. The normalized spacial score (nSPS) is 12.0. The quantitative estimate of drug-likeness (QED) is 0.701. The van der Waals surface area contributed by atoms with Crippen LogP contribution in [0.4, 0.5) is 0 Å². The highest BCUT2D eigenvalue weighted by Crippen LogP contribution is 2.14. The van der Waals surface area contributed by atoms with Crippen LogP contribution in [0.5, 0.6) is 0 Å². The molecule has 0 saturated carbocycles. The van der Waals surface area contributed by atoms with Crippen molar-refractivity contribution in [3.05, 3.63) is 89.7 Å². The molecule has 1 unspecified atom stereocenters. The summed E-state index contributed by atoms with van der Waals surface area (Å²) in [6, 6.07) is 19.1. The molecular formula is C19H20N4O. The summed E-state index contributed by atoms with van der Waals surface area (Å²) < 4.78 is 1.88. The fourth-order valence-electron chi connectivity index (χ4n) is 2.67. The number of carbonyl (C=O) groups excluding carboxylic acids is 1. The fraction of sp³-hybridized carbons (Fsp3) is 0.158. The Morgan fingerprint density at radius 1 is 1.08 bits per heavy atom. The Morgan fingerprint density at radius 3 is 2.58 bits per heavy atom. The van der Waals surface area contributed by atoms with Crippen molar-refractivity contribution in [3.8, 4) is 0 Å². The zero-order valence-corrected chi connectivity index (χ0v) is 13.3. The molecule has 0 aliphatic rings. The van der Waals surface area contributed by atoms with E-state index in [9.17, 15) is 4.79 Å². The standard InChI is InChI=1S/C19H20N4O/c20-19(24)18(17-8-2-1-3-9-17)21-13-15-6-4-7-16(12-15)14-23-11-5-10-22-23/h1-12,18,21H,13-14H2,(H2,20,24). The van der Waals surface area contributed by atoms with E-state index in [0.717, 1.165) is 23.2 Å². The molecule has 1 amide bonds. The number of nitrogens with two attached hydrogens (primary N) is 1. The molecule has 0 radical (unpaired) electrons. The van der Waals surface area contributed by atoms with Crippen LogP contribution in [-0.4, -0.2) is 15.7 Å². The van der Waals surface area contributed by atoms with Crippen molar-refractivity contribution in [3.63, 3.8) is 0 Å². The number of amides is 1. The van der Waals surface area contributed by atoms with Crippen LogP contribution < -0.4 is 11.1 Å². The smallest absolute Gasteiger partial charge is 0.239 e. The Morgan fingerprint density at radius 2 is 1.88 bits per heavy atom. The van der Waals surface area contributed by atoms with Gasteiger partial charge in [-0.2, -0.15) is 5.10 Å². The molecule has 0 aliphatic heterocycles. The highest BCUT2D eigenvalue weighted by molar-refractivity contribution is 5.81. The van der Waals surface area contributed by atoms with Crippen LogP contribution in [0, 0.1) is 0 Å². The van der Waals surface area contributed by atoms with Crippen molar-refractivity contribution in [2.24, 2.45) is 5.73 Å². The molecule has 0 aliphatic carbocycles. The third-order valence-electron chi connectivity index (χ3n) is 3.82. The Kier molecular flexibility index (Phi) is 5.03. The summed E-state index contributed by atoms with van der Waals surface area (Å²) in [7, 11) is 0. The molecule has 24 heavy (non-hydrogen) atoms. The maximum Gasteiger partial charge on any atom is 0.239 e. The van der Waals surface area contributed by atoms with Crippen LogP contribution in [0.15, 0.2) is 73.1 Å². The predicted molar refractivity (Wildman–Crippen MR) is 93.0 cm³/mol. The maximum atomic E-state index is 11.7. The summed E-state index contributed by atoms with van der Waals surface area (Å²) in [4.78, 5) is 11.7. The summed E-state index contributed by atoms with van der Waals surface area (Å²) in [6.45, 7) is 1.29. The van der Waals surface area contributed by atoms with Crippen molar-refractivity contribution in [2.45, 2.75) is 19.1 Å². The highest BCUT2D eigenvalue weighted by Gasteiger charge is 2.16. The van der Waals surface area contributed by atoms with Gasteiger partial charge in [0.2, 0.25) is 5.91 Å². The van der Waals surface area contributed by atoms with Gasteiger partial charge in [-0.15, -0.1) is 0 Å². The van der Waals surface area contributed by atoms with Gasteiger partial charge in [-0.1, -0.05) is 54.6 Å². The van der Waals surface area contributed by atoms with Gasteiger partial charge in [0.15, 0.2) is 0 Å². The number of nitrogens with zero attached hydrogens (tertiary/aromatic N) is 2. The van der Waals surface area contributed by atoms with Crippen molar-refractivity contribution in [2.75, 3.05) is 0 Å². The van der Waals surface area contributed by atoms with E-state index in [1.807, 2.05) is 59.4 Å². The van der Waals surface area contributed by atoms with Gasteiger partial charge in [0, 0.05) is 18.9 Å². The van der Waals surface area contributed by atoms with Crippen LogP contribution in [0.2, 0.25) is 0 Å². The average molecular weight is 320 g/mol. The van der Waals surface area contributed by atoms with Gasteiger partial charge in [0.05, 0.1) is 6.54 Å². The summed E-state index contributed by atoms with van der Waals surface area (Å²) in [5, 5.41) is 7.46. The average Bonchev–Trinajstić information content (AvgIpc) is 3.09. The maximum absolute atomic E-state index is 11.7. The van der Waals surface area contributed by atoms with Crippen molar-refractivity contribution in [1.29, 1.82) is 0 Å². The second-order valence-corrected chi connectivity index (χ2v) is 5.65. The van der Waals surface area contributed by atoms with Crippen LogP contribution in [0.25, 0.3) is 0 Å². The van der Waals surface area contributed by atoms with E-state index in [0.29, 0.717) is 6.54 Å². The largest absolute Gasteiger partial charge is 0.368 e. The highest BCUT2D eigenvalue weighted by atomic mass is 16.1. The molecule has 5 heteroatoms. The van der Waals surface area contributed by atoms with E-state index >= 15 is 0 Å². The Balaban J connectivity index is 1.68. The number of aromatic nitrogens is 2. The summed E-state index contributed by atoms with van der Waals surface area (Å²) in [5.41, 5.74) is 8.67. The SMILES string of the molecule is NC(=O)C(NCc1cccc(Cn2cccn2)c1)c1ccccc1. The molecule has 1 aromatic heterocycles. The number of benzene rings is 2. The predicted octanol–water partition coefficient (Wildman–Crippen LogP) is 2.25. The van der Waals surface area contributed by atoms with Gasteiger partial charge in [0.1, 0.15) is 6.04 Å². The van der Waals surface area contributed by atoms with E-state index in [2.05, 4.69) is 22.5 Å². The van der Waals surface area contributed by atoms with Gasteiger partial charge < -0.3 is 5.73 Å². The lowest BCUT2D eigenvalue weighted by Gasteiger charge is -2.16. The third-order valence-corrected chi connectivity index (χ3v) is 3.82. The molecule has 2 aromatic carbocycles. The third kappa shape index (κ3) is 4.08. The minimum absolute atomic E-state index is 0.381. The first-order valence-corrected chi connectivity index (χ1v) is 7.85. The van der Waals surface area contributed by atoms with Gasteiger partial charge in [-0.25, -0.2) is 0 Å². The Bertz CT molecular complexity index is 784. The van der Waals surface area contributed by atoms with Crippen LogP contribution in [0.3, 0.4) is 0 Å². The van der Waals surface area contributed by atoms with Gasteiger partial charge in [0.25, 0.3) is 0 Å². The molecule has 3 N–H and O–H groups in total. The molecular weight excluding hydrogens is 300 g/mol. The monoisotopic (exact) mass is 320 g/mol. The number of nitrogens with one attached hydrogen (secondary N) is 1. The molecule has 0 bridgehead atoms. The lowest BCUT2D eigenvalue weighted by molar-refractivity contribution is -0.120. The molecule has 3 aromatic rings. The molecule has 0 saturated heterocycles. The molecule has 0 spiro atoms. The zero-order chi connectivity index (χ0) is 16.8. The summed E-state index contributed by atoms with van der Waals surface area (Å²) >= 11 is 0. The minimum atomic E-state index is -0.499. The summed E-state index contributed by atoms with van der Waals surface area (Å²) in [5.74, 6) is -0.381. The lowest BCUT2D eigenvalue weighted by atomic mass is 10.1. The minimum Gasteiger partial charge on any atom is -0.368 e. The van der Waals surface area contributed by atoms with E-state index < -0.39 is 6.04 Å². The number of primary amides is 1. The second-order valence-electron chi connectivity index (χ2n) is 5.65. The summed E-state index contributed by atoms with van der Waals surface area (Å²) in [6.07, 6.45) is 3.70. The topological polar surface area (TPSA) is 72.9 Å². The van der Waals surface area contributed by atoms with Crippen molar-refractivity contribution in [1.82, 2.24) is 15.1 Å². The molecule has 5 nitrogen and oxygen atoms in total.